The highest BCUT2D eigenvalue weighted by molar-refractivity contribution is 7.51. The summed E-state index contributed by atoms with van der Waals surface area (Å²) in [7, 11) is -3.87. The van der Waals surface area contributed by atoms with Crippen LogP contribution >= 0.6 is 7.60 Å². The molecule has 0 fully saturated rings. The lowest BCUT2D eigenvalue weighted by atomic mass is 10.3. The minimum atomic E-state index is -3.87. The topological polar surface area (TPSA) is 76.0 Å². The summed E-state index contributed by atoms with van der Waals surface area (Å²) in [6, 6.07) is 0. The Morgan fingerprint density at radius 1 is 1.21 bits per heavy atom. The molecule has 0 atom stereocenters. The van der Waals surface area contributed by atoms with E-state index in [2.05, 4.69) is 0 Å². The third-order valence-corrected chi connectivity index (χ3v) is 2.49. The van der Waals surface area contributed by atoms with Crippen LogP contribution in [0.2, 0.25) is 0 Å². The second-order valence-corrected chi connectivity index (χ2v) is 4.65. The van der Waals surface area contributed by atoms with Crippen molar-refractivity contribution in [3.8, 4) is 0 Å². The Morgan fingerprint density at radius 3 is 2.07 bits per heavy atom. The van der Waals surface area contributed by atoms with Gasteiger partial charge in [0.05, 0.1) is 0 Å². The van der Waals surface area contributed by atoms with Crippen LogP contribution in [0.25, 0.3) is 0 Å². The maximum atomic E-state index is 10.5. The molecule has 0 saturated heterocycles. The molecule has 0 aromatic rings. The molecule has 0 aliphatic rings. The smallest absolute Gasteiger partial charge is 0.325 e. The summed E-state index contributed by atoms with van der Waals surface area (Å²) >= 11 is 0. The van der Waals surface area contributed by atoms with Gasteiger partial charge in [0, 0.05) is 19.4 Å². The lowest BCUT2D eigenvalue weighted by Gasteiger charge is -2.16. The summed E-state index contributed by atoms with van der Waals surface area (Å²) in [6.45, 7) is 4.80. The van der Waals surface area contributed by atoms with Crippen LogP contribution in [0, 0.1) is 0 Å². The van der Waals surface area contributed by atoms with Gasteiger partial charge in [-0.15, -0.1) is 0 Å². The van der Waals surface area contributed by atoms with Gasteiger partial charge in [-0.1, -0.05) is 0 Å². The zero-order valence-electron chi connectivity index (χ0n) is 8.68. The second-order valence-electron chi connectivity index (χ2n) is 2.87. The Bertz CT molecular complexity index is 173. The highest BCUT2D eigenvalue weighted by atomic mass is 31.2. The van der Waals surface area contributed by atoms with Crippen LogP contribution < -0.4 is 0 Å². The van der Waals surface area contributed by atoms with Crippen molar-refractivity contribution in [2.75, 3.05) is 19.4 Å². The van der Waals surface area contributed by atoms with Gasteiger partial charge in [-0.25, -0.2) is 0 Å². The van der Waals surface area contributed by atoms with Crippen LogP contribution in [-0.4, -0.2) is 35.5 Å². The maximum absolute atomic E-state index is 10.5. The fourth-order valence-electron chi connectivity index (χ4n) is 1.05. The fraction of sp³-hybridized carbons (Fsp3) is 1.00. The van der Waals surface area contributed by atoms with Crippen molar-refractivity contribution in [2.45, 2.75) is 33.0 Å². The number of hydrogen-bond acceptors (Lipinski definition) is 3. The van der Waals surface area contributed by atoms with E-state index in [-0.39, 0.29) is 12.5 Å². The Hall–Kier alpha value is 0.0700. The second kappa shape index (κ2) is 7.37. The van der Waals surface area contributed by atoms with E-state index in [9.17, 15) is 4.57 Å². The van der Waals surface area contributed by atoms with Crippen molar-refractivity contribution >= 4 is 7.60 Å². The molecule has 5 nitrogen and oxygen atoms in total. The average Bonchev–Trinajstić information content (AvgIpc) is 2.02. The molecule has 0 rings (SSSR count). The van der Waals surface area contributed by atoms with Gasteiger partial charge in [0.15, 0.2) is 6.29 Å². The molecule has 0 spiro atoms. The van der Waals surface area contributed by atoms with Crippen molar-refractivity contribution < 1.29 is 23.8 Å². The van der Waals surface area contributed by atoms with Crippen LogP contribution in [0.4, 0.5) is 0 Å². The molecular formula is C8H19O5P. The molecule has 0 unspecified atom stereocenters. The van der Waals surface area contributed by atoms with Crippen molar-refractivity contribution in [1.29, 1.82) is 0 Å². The average molecular weight is 226 g/mol. The van der Waals surface area contributed by atoms with Gasteiger partial charge >= 0.3 is 7.60 Å². The van der Waals surface area contributed by atoms with Gasteiger partial charge in [-0.2, -0.15) is 0 Å². The van der Waals surface area contributed by atoms with E-state index in [1.807, 2.05) is 13.8 Å². The summed E-state index contributed by atoms with van der Waals surface area (Å²) in [5.74, 6) is 0. The summed E-state index contributed by atoms with van der Waals surface area (Å²) in [5.41, 5.74) is 0. The van der Waals surface area contributed by atoms with Gasteiger partial charge in [-0.05, 0) is 26.7 Å². The molecule has 0 bridgehead atoms. The van der Waals surface area contributed by atoms with E-state index < -0.39 is 7.60 Å². The van der Waals surface area contributed by atoms with Gasteiger partial charge in [-0.3, -0.25) is 4.57 Å². The van der Waals surface area contributed by atoms with E-state index in [0.717, 1.165) is 0 Å². The minimum Gasteiger partial charge on any atom is -0.353 e. The van der Waals surface area contributed by atoms with Gasteiger partial charge in [0.1, 0.15) is 0 Å². The van der Waals surface area contributed by atoms with Crippen LogP contribution in [0.5, 0.6) is 0 Å². The quantitative estimate of drug-likeness (QED) is 0.482. The van der Waals surface area contributed by atoms with Crippen molar-refractivity contribution in [2.24, 2.45) is 0 Å². The zero-order chi connectivity index (χ0) is 11.0. The molecule has 86 valence electrons. The normalized spacial score (nSPS) is 12.4. The van der Waals surface area contributed by atoms with Crippen LogP contribution in [0.3, 0.4) is 0 Å². The molecule has 0 saturated carbocycles. The Kier molecular flexibility index (Phi) is 7.41. The Labute approximate surface area is 84.6 Å². The summed E-state index contributed by atoms with van der Waals surface area (Å²) in [6.07, 6.45) is 0.488. The molecular weight excluding hydrogens is 207 g/mol. The lowest BCUT2D eigenvalue weighted by molar-refractivity contribution is -0.139. The predicted octanol–water partition coefficient (Wildman–Crippen LogP) is 1.34. The zero-order valence-corrected chi connectivity index (χ0v) is 9.57. The molecule has 0 heterocycles. The molecule has 0 aromatic carbocycles. The van der Waals surface area contributed by atoms with Crippen LogP contribution in [0.1, 0.15) is 26.7 Å². The van der Waals surface area contributed by atoms with Crippen LogP contribution in [-0.2, 0) is 14.0 Å². The fourth-order valence-corrected chi connectivity index (χ4v) is 1.65. The summed E-state index contributed by atoms with van der Waals surface area (Å²) in [5, 5.41) is 0. The molecule has 14 heavy (non-hydrogen) atoms. The lowest BCUT2D eigenvalue weighted by Crippen LogP contribution is -2.17. The SMILES string of the molecule is CCOC(CCCP(=O)(O)O)OCC. The first-order chi connectivity index (χ1) is 6.49. The van der Waals surface area contributed by atoms with E-state index in [0.29, 0.717) is 26.1 Å². The highest BCUT2D eigenvalue weighted by Gasteiger charge is 2.14. The molecule has 0 aromatic heterocycles. The first-order valence-electron chi connectivity index (χ1n) is 4.77. The van der Waals surface area contributed by atoms with Crippen LogP contribution in [0.15, 0.2) is 0 Å². The van der Waals surface area contributed by atoms with Crippen molar-refractivity contribution in [1.82, 2.24) is 0 Å². The number of ether oxygens (including phenoxy) is 2. The summed E-state index contributed by atoms with van der Waals surface area (Å²) in [4.78, 5) is 17.2. The minimum absolute atomic E-state index is 0.107. The van der Waals surface area contributed by atoms with E-state index in [1.54, 1.807) is 0 Å². The largest absolute Gasteiger partial charge is 0.353 e. The third kappa shape index (κ3) is 8.66. The van der Waals surface area contributed by atoms with Gasteiger partial charge in [0.2, 0.25) is 0 Å². The van der Waals surface area contributed by atoms with E-state index in [1.165, 1.54) is 0 Å². The summed E-state index contributed by atoms with van der Waals surface area (Å²) < 4.78 is 21.0. The van der Waals surface area contributed by atoms with Crippen molar-refractivity contribution in [3.05, 3.63) is 0 Å². The standard InChI is InChI=1S/C8H19O5P/c1-3-12-8(13-4-2)6-5-7-14(9,10)11/h8H,3-7H2,1-2H3,(H2,9,10,11). The Balaban J connectivity index is 3.65. The molecule has 2 N–H and O–H groups in total. The first-order valence-corrected chi connectivity index (χ1v) is 6.57. The van der Waals surface area contributed by atoms with E-state index >= 15 is 0 Å². The van der Waals surface area contributed by atoms with Crippen molar-refractivity contribution in [3.63, 3.8) is 0 Å². The van der Waals surface area contributed by atoms with Gasteiger partial charge in [0.25, 0.3) is 0 Å². The number of hydrogen-bond donors (Lipinski definition) is 2. The first kappa shape index (κ1) is 14.1. The maximum Gasteiger partial charge on any atom is 0.325 e. The monoisotopic (exact) mass is 226 g/mol. The molecule has 0 aliphatic heterocycles. The van der Waals surface area contributed by atoms with E-state index in [4.69, 9.17) is 19.3 Å². The Morgan fingerprint density at radius 2 is 1.71 bits per heavy atom. The third-order valence-electron chi connectivity index (χ3n) is 1.59. The predicted molar refractivity (Wildman–Crippen MR) is 53.2 cm³/mol. The molecule has 0 aliphatic carbocycles. The highest BCUT2D eigenvalue weighted by Crippen LogP contribution is 2.35. The molecule has 0 amide bonds. The van der Waals surface area contributed by atoms with Gasteiger partial charge < -0.3 is 19.3 Å². The number of rotatable bonds is 8. The molecule has 6 heteroatoms. The molecule has 0 radical (unpaired) electrons.